The molecule has 1 fully saturated rings. The van der Waals surface area contributed by atoms with Gasteiger partial charge in [-0.1, -0.05) is 72.3 Å². The highest BCUT2D eigenvalue weighted by Gasteiger charge is 2.26. The number of amides is 2. The first kappa shape index (κ1) is 21.1. The fourth-order valence-corrected chi connectivity index (χ4v) is 4.27. The first-order valence-electron chi connectivity index (χ1n) is 10.9. The van der Waals surface area contributed by atoms with E-state index in [-0.39, 0.29) is 6.04 Å². The van der Waals surface area contributed by atoms with Gasteiger partial charge in [-0.15, -0.1) is 0 Å². The van der Waals surface area contributed by atoms with Crippen molar-refractivity contribution in [2.24, 2.45) is 0 Å². The lowest BCUT2D eigenvalue weighted by Gasteiger charge is -2.29. The number of rotatable bonds is 6. The van der Waals surface area contributed by atoms with Crippen molar-refractivity contribution in [1.29, 1.82) is 0 Å². The molecule has 5 heteroatoms. The smallest absolute Gasteiger partial charge is 0.309 e. The van der Waals surface area contributed by atoms with Gasteiger partial charge in [0.25, 0.3) is 0 Å². The van der Waals surface area contributed by atoms with Crippen LogP contribution in [0, 0.1) is 6.92 Å². The van der Waals surface area contributed by atoms with Crippen molar-refractivity contribution in [2.45, 2.75) is 32.4 Å². The third-order valence-corrected chi connectivity index (χ3v) is 6.00. The van der Waals surface area contributed by atoms with E-state index in [1.54, 1.807) is 0 Å². The van der Waals surface area contributed by atoms with E-state index in [9.17, 15) is 9.59 Å². The summed E-state index contributed by atoms with van der Waals surface area (Å²) >= 11 is 0. The van der Waals surface area contributed by atoms with E-state index in [2.05, 4.69) is 45.9 Å². The monoisotopic (exact) mass is 415 g/mol. The van der Waals surface area contributed by atoms with Crippen LogP contribution in [0.25, 0.3) is 10.8 Å². The van der Waals surface area contributed by atoms with Crippen molar-refractivity contribution >= 4 is 22.6 Å². The van der Waals surface area contributed by atoms with Gasteiger partial charge in [0.1, 0.15) is 0 Å². The van der Waals surface area contributed by atoms with Crippen LogP contribution in [0.5, 0.6) is 0 Å². The van der Waals surface area contributed by atoms with Crippen LogP contribution in [0.15, 0.2) is 66.7 Å². The van der Waals surface area contributed by atoms with Crippen molar-refractivity contribution in [2.75, 3.05) is 19.6 Å². The van der Waals surface area contributed by atoms with Gasteiger partial charge in [0, 0.05) is 13.1 Å². The molecule has 3 aromatic carbocycles. The van der Waals surface area contributed by atoms with Gasteiger partial charge in [0.2, 0.25) is 0 Å². The van der Waals surface area contributed by atoms with Gasteiger partial charge in [-0.3, -0.25) is 14.5 Å². The Morgan fingerprint density at radius 2 is 1.55 bits per heavy atom. The highest BCUT2D eigenvalue weighted by atomic mass is 16.2. The third kappa shape index (κ3) is 5.12. The average molecular weight is 416 g/mol. The van der Waals surface area contributed by atoms with E-state index in [0.29, 0.717) is 13.1 Å². The maximum Gasteiger partial charge on any atom is 0.309 e. The highest BCUT2D eigenvalue weighted by Crippen LogP contribution is 2.30. The van der Waals surface area contributed by atoms with Crippen LogP contribution in [0.4, 0.5) is 0 Å². The minimum atomic E-state index is -0.598. The number of nitrogens with zero attached hydrogens (tertiary/aromatic N) is 1. The first-order valence-corrected chi connectivity index (χ1v) is 10.9. The summed E-state index contributed by atoms with van der Waals surface area (Å²) in [6.45, 7) is 4.77. The number of carbonyl (C=O) groups is 2. The molecule has 1 saturated heterocycles. The molecule has 1 aliphatic heterocycles. The Kier molecular flexibility index (Phi) is 6.63. The fourth-order valence-electron chi connectivity index (χ4n) is 4.27. The Bertz CT molecular complexity index is 1050. The molecule has 0 radical (unpaired) electrons. The number of hydrogen-bond acceptors (Lipinski definition) is 3. The van der Waals surface area contributed by atoms with Crippen LogP contribution < -0.4 is 10.6 Å². The molecule has 31 heavy (non-hydrogen) atoms. The van der Waals surface area contributed by atoms with Crippen LogP contribution in [-0.2, 0) is 16.1 Å². The van der Waals surface area contributed by atoms with Gasteiger partial charge in [-0.05, 0) is 54.8 Å². The average Bonchev–Trinajstić information content (AvgIpc) is 3.33. The van der Waals surface area contributed by atoms with Crippen molar-refractivity contribution < 1.29 is 9.59 Å². The lowest BCUT2D eigenvalue weighted by atomic mass is 9.97. The van der Waals surface area contributed by atoms with E-state index in [4.69, 9.17) is 0 Å². The maximum absolute atomic E-state index is 12.5. The number of likely N-dealkylation sites (tertiary alicyclic amines) is 1. The van der Waals surface area contributed by atoms with Crippen LogP contribution in [0.3, 0.4) is 0 Å². The first-order chi connectivity index (χ1) is 15.1. The molecule has 1 atom stereocenters. The molecule has 0 aliphatic carbocycles. The highest BCUT2D eigenvalue weighted by molar-refractivity contribution is 6.35. The van der Waals surface area contributed by atoms with Crippen LogP contribution in [0.1, 0.15) is 35.6 Å². The summed E-state index contributed by atoms with van der Waals surface area (Å²) in [5.74, 6) is -1.18. The van der Waals surface area contributed by atoms with Gasteiger partial charge in [0.15, 0.2) is 0 Å². The van der Waals surface area contributed by atoms with Crippen LogP contribution in [0.2, 0.25) is 0 Å². The van der Waals surface area contributed by atoms with Crippen molar-refractivity contribution in [3.63, 3.8) is 0 Å². The van der Waals surface area contributed by atoms with Crippen molar-refractivity contribution in [1.82, 2.24) is 15.5 Å². The molecule has 4 rings (SSSR count). The van der Waals surface area contributed by atoms with Gasteiger partial charge in [-0.2, -0.15) is 0 Å². The number of nitrogens with one attached hydrogen (secondary N) is 2. The molecule has 0 unspecified atom stereocenters. The second kappa shape index (κ2) is 9.75. The van der Waals surface area contributed by atoms with E-state index in [1.807, 2.05) is 43.3 Å². The molecular weight excluding hydrogens is 386 g/mol. The number of carbonyl (C=O) groups excluding carboxylic acids is 2. The summed E-state index contributed by atoms with van der Waals surface area (Å²) in [6, 6.07) is 22.6. The quantitative estimate of drug-likeness (QED) is 0.603. The van der Waals surface area contributed by atoms with Gasteiger partial charge in [-0.25, -0.2) is 0 Å². The second-order valence-corrected chi connectivity index (χ2v) is 8.21. The van der Waals surface area contributed by atoms with E-state index in [1.165, 1.54) is 16.3 Å². The molecule has 5 nitrogen and oxygen atoms in total. The van der Waals surface area contributed by atoms with E-state index >= 15 is 0 Å². The fraction of sp³-hybridized carbons (Fsp3) is 0.308. The molecule has 0 aromatic heterocycles. The standard InChI is InChI=1S/C26H29N3O2/c1-19-11-13-20(14-12-19)17-27-25(30)26(31)28-18-24(29-15-4-5-16-29)23-10-6-8-21-7-2-3-9-22(21)23/h2-3,6-14,24H,4-5,15-18H2,1H3,(H,27,30)(H,28,31)/t24-/m1/s1. The molecule has 160 valence electrons. The number of hydrogen-bond donors (Lipinski definition) is 2. The zero-order chi connectivity index (χ0) is 21.6. The Morgan fingerprint density at radius 1 is 0.871 bits per heavy atom. The van der Waals surface area contributed by atoms with E-state index < -0.39 is 11.8 Å². The summed E-state index contributed by atoms with van der Waals surface area (Å²) in [7, 11) is 0. The molecule has 0 spiro atoms. The predicted octanol–water partition coefficient (Wildman–Crippen LogP) is 3.72. The second-order valence-electron chi connectivity index (χ2n) is 8.21. The van der Waals surface area contributed by atoms with Gasteiger partial charge < -0.3 is 10.6 Å². The summed E-state index contributed by atoms with van der Waals surface area (Å²) < 4.78 is 0. The number of benzene rings is 3. The molecule has 0 bridgehead atoms. The topological polar surface area (TPSA) is 61.4 Å². The molecule has 2 N–H and O–H groups in total. The maximum atomic E-state index is 12.5. The van der Waals surface area contributed by atoms with Gasteiger partial charge in [0.05, 0.1) is 6.04 Å². The summed E-state index contributed by atoms with van der Waals surface area (Å²) in [4.78, 5) is 27.2. The molecular formula is C26H29N3O2. The Balaban J connectivity index is 1.43. The third-order valence-electron chi connectivity index (χ3n) is 6.00. The van der Waals surface area contributed by atoms with E-state index in [0.717, 1.165) is 37.1 Å². The zero-order valence-electron chi connectivity index (χ0n) is 17.9. The molecule has 1 aliphatic rings. The number of aryl methyl sites for hydroxylation is 1. The zero-order valence-corrected chi connectivity index (χ0v) is 17.9. The summed E-state index contributed by atoms with van der Waals surface area (Å²) in [5.41, 5.74) is 3.33. The molecule has 0 saturated carbocycles. The predicted molar refractivity (Wildman–Crippen MR) is 124 cm³/mol. The summed E-state index contributed by atoms with van der Waals surface area (Å²) in [6.07, 6.45) is 2.32. The van der Waals surface area contributed by atoms with Crippen LogP contribution in [-0.4, -0.2) is 36.3 Å². The minimum Gasteiger partial charge on any atom is -0.346 e. The normalized spacial score (nSPS) is 15.0. The molecule has 3 aromatic rings. The van der Waals surface area contributed by atoms with Crippen molar-refractivity contribution in [3.05, 3.63) is 83.4 Å². The molecule has 2 amide bonds. The SMILES string of the molecule is Cc1ccc(CNC(=O)C(=O)NC[C@H](c2cccc3ccccc23)N2CCCC2)cc1. The largest absolute Gasteiger partial charge is 0.346 e. The van der Waals surface area contributed by atoms with Crippen molar-refractivity contribution in [3.8, 4) is 0 Å². The van der Waals surface area contributed by atoms with Gasteiger partial charge >= 0.3 is 11.8 Å². The lowest BCUT2D eigenvalue weighted by Crippen LogP contribution is -2.43. The Hall–Kier alpha value is -3.18. The minimum absolute atomic E-state index is 0.0439. The Morgan fingerprint density at radius 3 is 2.32 bits per heavy atom. The lowest BCUT2D eigenvalue weighted by molar-refractivity contribution is -0.139. The molecule has 1 heterocycles. The number of fused-ring (bicyclic) bond motifs is 1. The Labute approximate surface area is 183 Å². The van der Waals surface area contributed by atoms with Crippen LogP contribution >= 0.6 is 0 Å². The summed E-state index contributed by atoms with van der Waals surface area (Å²) in [5, 5.41) is 7.97.